The standard InChI is InChI=1S/C17H22BrNO/c1-11-6-5-7-12(10-11)19-14(20)17-9-8-16(4,13(17)18)15(17,2)3/h5-7,10,13H,8-9H2,1-4H3,(H,19,20)/t13-,16+,17-/m0/s1. The average molecular weight is 336 g/mol. The lowest BCUT2D eigenvalue weighted by Gasteiger charge is -2.64. The van der Waals surface area contributed by atoms with Gasteiger partial charge in [-0.3, -0.25) is 4.79 Å². The fraction of sp³-hybridized carbons (Fsp3) is 0.588. The molecule has 0 saturated heterocycles. The first-order valence-corrected chi connectivity index (χ1v) is 8.19. The van der Waals surface area contributed by atoms with Gasteiger partial charge in [0.1, 0.15) is 0 Å². The number of hydrogen-bond acceptors (Lipinski definition) is 1. The minimum atomic E-state index is -0.272. The molecule has 0 spiro atoms. The van der Waals surface area contributed by atoms with Crippen LogP contribution in [0.1, 0.15) is 39.2 Å². The fourth-order valence-corrected chi connectivity index (χ4v) is 6.23. The predicted molar refractivity (Wildman–Crippen MR) is 86.1 cm³/mol. The molecule has 1 amide bonds. The fourth-order valence-electron chi connectivity index (χ4n) is 4.42. The number of alkyl halides is 1. The summed E-state index contributed by atoms with van der Waals surface area (Å²) in [5, 5.41) is 3.14. The number of benzene rings is 1. The van der Waals surface area contributed by atoms with E-state index in [9.17, 15) is 4.79 Å². The highest BCUT2D eigenvalue weighted by molar-refractivity contribution is 9.09. The van der Waals surface area contributed by atoms with Crippen LogP contribution in [0.15, 0.2) is 24.3 Å². The highest BCUT2D eigenvalue weighted by Gasteiger charge is 2.80. The molecule has 1 aromatic carbocycles. The van der Waals surface area contributed by atoms with Gasteiger partial charge in [0.05, 0.1) is 5.41 Å². The Bertz CT molecular complexity index is 582. The number of amides is 1. The molecule has 0 aliphatic heterocycles. The second kappa shape index (κ2) is 4.09. The Labute approximate surface area is 129 Å². The van der Waals surface area contributed by atoms with E-state index >= 15 is 0 Å². The van der Waals surface area contributed by atoms with Crippen LogP contribution < -0.4 is 5.32 Å². The molecule has 1 N–H and O–H groups in total. The van der Waals surface area contributed by atoms with Crippen molar-refractivity contribution in [1.82, 2.24) is 0 Å². The van der Waals surface area contributed by atoms with Gasteiger partial charge in [0.25, 0.3) is 0 Å². The largest absolute Gasteiger partial charge is 0.326 e. The molecule has 20 heavy (non-hydrogen) atoms. The van der Waals surface area contributed by atoms with Crippen LogP contribution >= 0.6 is 15.9 Å². The molecule has 0 unspecified atom stereocenters. The Balaban J connectivity index is 1.89. The van der Waals surface area contributed by atoms with Crippen molar-refractivity contribution >= 4 is 27.5 Å². The molecule has 3 aliphatic rings. The van der Waals surface area contributed by atoms with Crippen molar-refractivity contribution in [3.05, 3.63) is 29.8 Å². The molecular weight excluding hydrogens is 314 g/mol. The van der Waals surface area contributed by atoms with Crippen LogP contribution in [0.3, 0.4) is 0 Å². The Morgan fingerprint density at radius 1 is 1.30 bits per heavy atom. The first-order chi connectivity index (χ1) is 9.25. The van der Waals surface area contributed by atoms with Gasteiger partial charge in [-0.2, -0.15) is 0 Å². The topological polar surface area (TPSA) is 29.1 Å². The number of aryl methyl sites for hydroxylation is 1. The van der Waals surface area contributed by atoms with Gasteiger partial charge in [-0.1, -0.05) is 48.8 Å². The second-order valence-corrected chi connectivity index (χ2v) is 8.12. The molecule has 3 saturated carbocycles. The average Bonchev–Trinajstić information content (AvgIpc) is 2.77. The SMILES string of the molecule is Cc1cccc(NC(=O)[C@]23CC[C@](C)([C@@H]2Br)C3(C)C)c1. The normalized spacial score (nSPS) is 37.4. The van der Waals surface area contributed by atoms with Crippen molar-refractivity contribution in [1.29, 1.82) is 0 Å². The van der Waals surface area contributed by atoms with Crippen molar-refractivity contribution in [2.75, 3.05) is 5.32 Å². The monoisotopic (exact) mass is 335 g/mol. The van der Waals surface area contributed by atoms with Crippen LogP contribution in [-0.2, 0) is 4.79 Å². The Morgan fingerprint density at radius 3 is 2.50 bits per heavy atom. The lowest BCUT2D eigenvalue weighted by Crippen LogP contribution is -2.68. The maximum Gasteiger partial charge on any atom is 0.232 e. The Morgan fingerprint density at radius 2 is 2.00 bits per heavy atom. The maximum absolute atomic E-state index is 12.9. The predicted octanol–water partition coefficient (Wildman–Crippen LogP) is 4.52. The summed E-state index contributed by atoms with van der Waals surface area (Å²) in [5.41, 5.74) is 2.07. The van der Waals surface area contributed by atoms with Gasteiger partial charge in [0, 0.05) is 10.5 Å². The molecule has 3 fully saturated rings. The zero-order chi connectivity index (χ0) is 14.8. The number of nitrogens with one attached hydrogen (secondary N) is 1. The summed E-state index contributed by atoms with van der Waals surface area (Å²) in [4.78, 5) is 13.2. The van der Waals surface area contributed by atoms with Crippen LogP contribution in [-0.4, -0.2) is 10.7 Å². The van der Waals surface area contributed by atoms with E-state index in [2.05, 4.69) is 42.0 Å². The molecule has 0 heterocycles. The molecule has 2 nitrogen and oxygen atoms in total. The van der Waals surface area contributed by atoms with Gasteiger partial charge in [0.15, 0.2) is 0 Å². The van der Waals surface area contributed by atoms with Gasteiger partial charge in [-0.15, -0.1) is 0 Å². The van der Waals surface area contributed by atoms with Crippen LogP contribution in [0.4, 0.5) is 5.69 Å². The molecule has 3 aliphatic carbocycles. The zero-order valence-electron chi connectivity index (χ0n) is 12.6. The summed E-state index contributed by atoms with van der Waals surface area (Å²) in [7, 11) is 0. The van der Waals surface area contributed by atoms with Crippen LogP contribution in [0, 0.1) is 23.2 Å². The van der Waals surface area contributed by atoms with E-state index in [1.807, 2.05) is 31.2 Å². The lowest BCUT2D eigenvalue weighted by atomic mass is 9.43. The van der Waals surface area contributed by atoms with E-state index in [1.165, 1.54) is 5.56 Å². The zero-order valence-corrected chi connectivity index (χ0v) is 14.2. The van der Waals surface area contributed by atoms with Crippen molar-refractivity contribution in [3.63, 3.8) is 0 Å². The van der Waals surface area contributed by atoms with Crippen molar-refractivity contribution < 1.29 is 4.79 Å². The van der Waals surface area contributed by atoms with Crippen molar-refractivity contribution in [3.8, 4) is 0 Å². The van der Waals surface area contributed by atoms with Gasteiger partial charge in [-0.05, 0) is 48.3 Å². The number of anilines is 1. The van der Waals surface area contributed by atoms with E-state index in [-0.39, 0.29) is 27.0 Å². The number of halogens is 1. The van der Waals surface area contributed by atoms with E-state index < -0.39 is 0 Å². The first kappa shape index (κ1) is 14.1. The molecule has 3 atom stereocenters. The van der Waals surface area contributed by atoms with Gasteiger partial charge < -0.3 is 5.32 Å². The molecular formula is C17H22BrNO. The molecule has 4 rings (SSSR count). The quantitative estimate of drug-likeness (QED) is 0.790. The highest BCUT2D eigenvalue weighted by atomic mass is 79.9. The smallest absolute Gasteiger partial charge is 0.232 e. The molecule has 108 valence electrons. The van der Waals surface area contributed by atoms with Gasteiger partial charge in [0.2, 0.25) is 5.91 Å². The first-order valence-electron chi connectivity index (χ1n) is 7.28. The summed E-state index contributed by atoms with van der Waals surface area (Å²) < 4.78 is 0. The lowest BCUT2D eigenvalue weighted by molar-refractivity contribution is -0.155. The maximum atomic E-state index is 12.9. The van der Waals surface area contributed by atoms with E-state index in [0.717, 1.165) is 18.5 Å². The van der Waals surface area contributed by atoms with Crippen LogP contribution in [0.25, 0.3) is 0 Å². The second-order valence-electron chi connectivity index (χ2n) is 7.20. The third-order valence-corrected chi connectivity index (χ3v) is 8.05. The van der Waals surface area contributed by atoms with E-state index in [4.69, 9.17) is 0 Å². The van der Waals surface area contributed by atoms with Crippen LogP contribution in [0.2, 0.25) is 0 Å². The van der Waals surface area contributed by atoms with Crippen LogP contribution in [0.5, 0.6) is 0 Å². The molecule has 0 radical (unpaired) electrons. The van der Waals surface area contributed by atoms with Crippen molar-refractivity contribution in [2.24, 2.45) is 16.2 Å². The Kier molecular flexibility index (Phi) is 2.89. The number of rotatable bonds is 2. The summed E-state index contributed by atoms with van der Waals surface area (Å²) in [5.74, 6) is 0.171. The summed E-state index contributed by atoms with van der Waals surface area (Å²) >= 11 is 3.81. The van der Waals surface area contributed by atoms with Crippen molar-refractivity contribution in [2.45, 2.75) is 45.4 Å². The molecule has 3 heteroatoms. The third kappa shape index (κ3) is 1.42. The molecule has 0 aromatic heterocycles. The number of carbonyl (C=O) groups excluding carboxylic acids is 1. The minimum absolute atomic E-state index is 0.0437. The van der Waals surface area contributed by atoms with Gasteiger partial charge in [-0.25, -0.2) is 0 Å². The molecule has 2 bridgehead atoms. The minimum Gasteiger partial charge on any atom is -0.326 e. The number of carbonyl (C=O) groups is 1. The summed E-state index contributed by atoms with van der Waals surface area (Å²) in [6.45, 7) is 8.83. The van der Waals surface area contributed by atoms with E-state index in [1.54, 1.807) is 0 Å². The van der Waals surface area contributed by atoms with E-state index in [0.29, 0.717) is 0 Å². The van der Waals surface area contributed by atoms with Gasteiger partial charge >= 0.3 is 0 Å². The summed E-state index contributed by atoms with van der Waals surface area (Å²) in [6, 6.07) is 8.02. The number of fused-ring (bicyclic) bond motifs is 1. The molecule has 1 aromatic rings. The summed E-state index contributed by atoms with van der Waals surface area (Å²) in [6.07, 6.45) is 2.10. The highest BCUT2D eigenvalue weighted by Crippen LogP contribution is 2.79. The Hall–Kier alpha value is -0.830. The number of hydrogen-bond donors (Lipinski definition) is 1. The third-order valence-electron chi connectivity index (χ3n) is 6.25.